The summed E-state index contributed by atoms with van der Waals surface area (Å²) < 4.78 is 17.4. The number of carbonyl (C=O) groups is 3. The van der Waals surface area contributed by atoms with Gasteiger partial charge in [-0.15, -0.1) is 0 Å². The Bertz CT molecular complexity index is 809. The van der Waals surface area contributed by atoms with E-state index in [2.05, 4.69) is 15.4 Å². The molecule has 0 bridgehead atoms. The van der Waals surface area contributed by atoms with E-state index in [4.69, 9.17) is 11.6 Å². The van der Waals surface area contributed by atoms with Gasteiger partial charge in [0.2, 0.25) is 11.8 Å². The molecule has 0 aliphatic rings. The van der Waals surface area contributed by atoms with E-state index in [1.54, 1.807) is 0 Å². The van der Waals surface area contributed by atoms with Crippen LogP contribution in [-0.2, 0) is 14.3 Å². The summed E-state index contributed by atoms with van der Waals surface area (Å²) in [5, 5.41) is 5.13. The van der Waals surface area contributed by atoms with Crippen LogP contribution in [-0.4, -0.2) is 24.9 Å². The Morgan fingerprint density at radius 3 is 2.32 bits per heavy atom. The minimum atomic E-state index is -0.622. The number of hydrogen-bond acceptors (Lipinski definition) is 4. The molecular formula is C17H14ClFN2O4. The van der Waals surface area contributed by atoms with E-state index >= 15 is 0 Å². The van der Waals surface area contributed by atoms with E-state index in [0.29, 0.717) is 5.69 Å². The van der Waals surface area contributed by atoms with Crippen LogP contribution in [0.4, 0.5) is 15.8 Å². The van der Waals surface area contributed by atoms with Crippen molar-refractivity contribution in [3.05, 3.63) is 58.9 Å². The Morgan fingerprint density at radius 1 is 1.04 bits per heavy atom. The fourth-order valence-electron chi connectivity index (χ4n) is 1.94. The van der Waals surface area contributed by atoms with E-state index in [-0.39, 0.29) is 16.3 Å². The fourth-order valence-corrected chi connectivity index (χ4v) is 2.11. The van der Waals surface area contributed by atoms with Gasteiger partial charge in [0.05, 0.1) is 23.4 Å². The molecule has 6 nitrogen and oxygen atoms in total. The van der Waals surface area contributed by atoms with Crippen LogP contribution in [0.1, 0.15) is 16.8 Å². The predicted molar refractivity (Wildman–Crippen MR) is 91.1 cm³/mol. The molecule has 0 heterocycles. The topological polar surface area (TPSA) is 84.5 Å². The molecule has 0 aliphatic heterocycles. The standard InChI is InChI=1S/C17H14ClFN2O4/c1-25-17(24)10-2-7-13(18)14(8-10)21-16(23)9-15(22)20-12-5-3-11(19)4-6-12/h2-8H,9H2,1H3,(H,20,22)(H,21,23). The summed E-state index contributed by atoms with van der Waals surface area (Å²) in [6.07, 6.45) is -0.476. The highest BCUT2D eigenvalue weighted by Gasteiger charge is 2.14. The van der Waals surface area contributed by atoms with Crippen LogP contribution in [0, 0.1) is 5.82 Å². The molecule has 0 unspecified atom stereocenters. The summed E-state index contributed by atoms with van der Waals surface area (Å²) in [5.74, 6) is -2.22. The third kappa shape index (κ3) is 5.29. The summed E-state index contributed by atoms with van der Waals surface area (Å²) >= 11 is 5.97. The van der Waals surface area contributed by atoms with Crippen molar-refractivity contribution in [3.8, 4) is 0 Å². The molecule has 0 fully saturated rings. The van der Waals surface area contributed by atoms with Crippen molar-refractivity contribution in [2.24, 2.45) is 0 Å². The Morgan fingerprint density at radius 2 is 1.68 bits per heavy atom. The first-order valence-corrected chi connectivity index (χ1v) is 7.50. The molecule has 2 amide bonds. The van der Waals surface area contributed by atoms with Crippen LogP contribution in [0.5, 0.6) is 0 Å². The van der Waals surface area contributed by atoms with Gasteiger partial charge in [0.1, 0.15) is 12.2 Å². The molecule has 2 rings (SSSR count). The fraction of sp³-hybridized carbons (Fsp3) is 0.118. The molecule has 2 aromatic rings. The van der Waals surface area contributed by atoms with Gasteiger partial charge in [-0.2, -0.15) is 0 Å². The largest absolute Gasteiger partial charge is 0.465 e. The van der Waals surface area contributed by atoms with Gasteiger partial charge in [0.25, 0.3) is 0 Å². The molecule has 0 radical (unpaired) electrons. The average molecular weight is 365 g/mol. The average Bonchev–Trinajstić information content (AvgIpc) is 2.58. The number of amides is 2. The minimum absolute atomic E-state index is 0.184. The number of methoxy groups -OCH3 is 1. The van der Waals surface area contributed by atoms with Crippen molar-refractivity contribution in [1.82, 2.24) is 0 Å². The smallest absolute Gasteiger partial charge is 0.337 e. The van der Waals surface area contributed by atoms with E-state index in [1.165, 1.54) is 49.6 Å². The normalized spacial score (nSPS) is 10.0. The van der Waals surface area contributed by atoms with Crippen LogP contribution in [0.25, 0.3) is 0 Å². The lowest BCUT2D eigenvalue weighted by molar-refractivity contribution is -0.123. The van der Waals surface area contributed by atoms with Crippen molar-refractivity contribution >= 4 is 40.8 Å². The number of halogens is 2. The summed E-state index contributed by atoms with van der Waals surface area (Å²) in [6.45, 7) is 0. The molecule has 0 aliphatic carbocycles. The van der Waals surface area contributed by atoms with E-state index in [9.17, 15) is 18.8 Å². The van der Waals surface area contributed by atoms with E-state index in [1.807, 2.05) is 0 Å². The molecule has 25 heavy (non-hydrogen) atoms. The summed E-state index contributed by atoms with van der Waals surface area (Å²) in [6, 6.07) is 9.36. The molecule has 0 spiro atoms. The number of carbonyl (C=O) groups excluding carboxylic acids is 3. The zero-order chi connectivity index (χ0) is 18.4. The molecule has 8 heteroatoms. The maximum absolute atomic E-state index is 12.8. The molecule has 0 atom stereocenters. The second-order valence-electron chi connectivity index (χ2n) is 4.97. The number of rotatable bonds is 5. The van der Waals surface area contributed by atoms with Gasteiger partial charge >= 0.3 is 5.97 Å². The maximum Gasteiger partial charge on any atom is 0.337 e. The minimum Gasteiger partial charge on any atom is -0.465 e. The summed E-state index contributed by atoms with van der Waals surface area (Å²) in [4.78, 5) is 35.3. The van der Waals surface area contributed by atoms with Crippen molar-refractivity contribution in [2.45, 2.75) is 6.42 Å². The predicted octanol–water partition coefficient (Wildman–Crippen LogP) is 3.23. The number of esters is 1. The third-order valence-corrected chi connectivity index (χ3v) is 3.44. The zero-order valence-electron chi connectivity index (χ0n) is 13.1. The van der Waals surface area contributed by atoms with Gasteiger partial charge < -0.3 is 15.4 Å². The monoisotopic (exact) mass is 364 g/mol. The Balaban J connectivity index is 1.98. The summed E-state index contributed by atoms with van der Waals surface area (Å²) in [7, 11) is 1.23. The molecule has 0 aromatic heterocycles. The highest BCUT2D eigenvalue weighted by molar-refractivity contribution is 6.34. The zero-order valence-corrected chi connectivity index (χ0v) is 13.9. The maximum atomic E-state index is 12.8. The SMILES string of the molecule is COC(=O)c1ccc(Cl)c(NC(=O)CC(=O)Nc2ccc(F)cc2)c1. The number of anilines is 2. The first-order valence-electron chi connectivity index (χ1n) is 7.12. The highest BCUT2D eigenvalue weighted by Crippen LogP contribution is 2.23. The third-order valence-electron chi connectivity index (χ3n) is 3.11. The Kier molecular flexibility index (Phi) is 6.08. The lowest BCUT2D eigenvalue weighted by Crippen LogP contribution is -2.21. The highest BCUT2D eigenvalue weighted by atomic mass is 35.5. The van der Waals surface area contributed by atoms with Gasteiger partial charge in [-0.25, -0.2) is 9.18 Å². The van der Waals surface area contributed by atoms with Crippen molar-refractivity contribution in [1.29, 1.82) is 0 Å². The van der Waals surface area contributed by atoms with Gasteiger partial charge in [-0.3, -0.25) is 9.59 Å². The van der Waals surface area contributed by atoms with Gasteiger partial charge in [0, 0.05) is 5.69 Å². The number of hydrogen-bond donors (Lipinski definition) is 2. The molecule has 2 N–H and O–H groups in total. The quantitative estimate of drug-likeness (QED) is 0.630. The lowest BCUT2D eigenvalue weighted by atomic mass is 10.2. The van der Waals surface area contributed by atoms with Crippen LogP contribution in [0.2, 0.25) is 5.02 Å². The molecular weight excluding hydrogens is 351 g/mol. The number of benzene rings is 2. The van der Waals surface area contributed by atoms with Gasteiger partial charge in [-0.1, -0.05) is 11.6 Å². The number of nitrogens with one attached hydrogen (secondary N) is 2. The number of ether oxygens (including phenoxy) is 1. The first kappa shape index (κ1) is 18.4. The van der Waals surface area contributed by atoms with E-state index < -0.39 is 30.0 Å². The van der Waals surface area contributed by atoms with Crippen LogP contribution < -0.4 is 10.6 Å². The second kappa shape index (κ2) is 8.25. The van der Waals surface area contributed by atoms with Crippen molar-refractivity contribution in [3.63, 3.8) is 0 Å². The Hall–Kier alpha value is -2.93. The van der Waals surface area contributed by atoms with E-state index in [0.717, 1.165) is 0 Å². The van der Waals surface area contributed by atoms with Crippen LogP contribution >= 0.6 is 11.6 Å². The van der Waals surface area contributed by atoms with Gasteiger partial charge in [-0.05, 0) is 42.5 Å². The summed E-state index contributed by atoms with van der Waals surface area (Å²) in [5.41, 5.74) is 0.757. The molecule has 0 saturated heterocycles. The molecule has 2 aromatic carbocycles. The first-order chi connectivity index (χ1) is 11.9. The van der Waals surface area contributed by atoms with Crippen LogP contribution in [0.3, 0.4) is 0 Å². The lowest BCUT2D eigenvalue weighted by Gasteiger charge is -2.09. The Labute approximate surface area is 147 Å². The second-order valence-corrected chi connectivity index (χ2v) is 5.37. The van der Waals surface area contributed by atoms with Crippen molar-refractivity contribution < 1.29 is 23.5 Å². The molecule has 0 saturated carbocycles. The molecule has 130 valence electrons. The van der Waals surface area contributed by atoms with Crippen LogP contribution in [0.15, 0.2) is 42.5 Å². The van der Waals surface area contributed by atoms with Crippen molar-refractivity contribution in [2.75, 3.05) is 17.7 Å². The van der Waals surface area contributed by atoms with Gasteiger partial charge in [0.15, 0.2) is 0 Å².